The van der Waals surface area contributed by atoms with Crippen molar-refractivity contribution < 1.29 is 0 Å². The van der Waals surface area contributed by atoms with Crippen LogP contribution >= 0.6 is 0 Å². The lowest BCUT2D eigenvalue weighted by Gasteiger charge is -2.27. The van der Waals surface area contributed by atoms with Gasteiger partial charge in [-0.05, 0) is 93.8 Å². The molecule has 0 aliphatic carbocycles. The predicted molar refractivity (Wildman–Crippen MR) is 164 cm³/mol. The average molecular weight is 506 g/mol. The van der Waals surface area contributed by atoms with Crippen molar-refractivity contribution in [3.8, 4) is 11.1 Å². The second-order valence-corrected chi connectivity index (χ2v) is 9.47. The first-order valence-electron chi connectivity index (χ1n) is 12.9. The summed E-state index contributed by atoms with van der Waals surface area (Å²) >= 11 is 0. The molecule has 0 heterocycles. The Morgan fingerprint density at radius 1 is 0.462 bits per heavy atom. The predicted octanol–water partition coefficient (Wildman–Crippen LogP) is 10.1. The van der Waals surface area contributed by atoms with Crippen LogP contribution in [0.4, 0.5) is 34.1 Å². The maximum absolute atomic E-state index is 11.0. The Morgan fingerprint density at radius 2 is 1.05 bits per heavy atom. The number of fused-ring (bicyclic) bond motifs is 1. The van der Waals surface area contributed by atoms with Crippen molar-refractivity contribution in [2.45, 2.75) is 0 Å². The van der Waals surface area contributed by atoms with Gasteiger partial charge < -0.3 is 9.80 Å². The molecule has 4 heteroatoms. The van der Waals surface area contributed by atoms with Gasteiger partial charge in [0.2, 0.25) is 0 Å². The highest BCUT2D eigenvalue weighted by Crippen LogP contribution is 2.38. The number of hydrogen-bond acceptors (Lipinski definition) is 4. The Hall–Kier alpha value is -5.22. The van der Waals surface area contributed by atoms with Gasteiger partial charge in [0.1, 0.15) is 5.69 Å². The van der Waals surface area contributed by atoms with E-state index in [2.05, 4.69) is 125 Å². The molecular formula is C35H27N3O. The summed E-state index contributed by atoms with van der Waals surface area (Å²) in [4.78, 5) is 15.3. The zero-order chi connectivity index (χ0) is 26.6. The van der Waals surface area contributed by atoms with Gasteiger partial charge in [-0.2, -0.15) is 0 Å². The lowest BCUT2D eigenvalue weighted by molar-refractivity contribution is 1.20. The normalized spacial score (nSPS) is 10.8. The highest BCUT2D eigenvalue weighted by Gasteiger charge is 2.14. The van der Waals surface area contributed by atoms with Crippen LogP contribution in [0.5, 0.6) is 0 Å². The number of benzene rings is 6. The van der Waals surface area contributed by atoms with Gasteiger partial charge in [0, 0.05) is 35.5 Å². The minimum atomic E-state index is 0.414. The van der Waals surface area contributed by atoms with Crippen molar-refractivity contribution >= 4 is 44.9 Å². The van der Waals surface area contributed by atoms with Gasteiger partial charge in [-0.15, -0.1) is 4.91 Å². The van der Waals surface area contributed by atoms with Crippen LogP contribution in [0.15, 0.2) is 151 Å². The molecule has 0 aromatic heterocycles. The summed E-state index contributed by atoms with van der Waals surface area (Å²) in [6.07, 6.45) is 0. The quantitative estimate of drug-likeness (QED) is 0.203. The van der Waals surface area contributed by atoms with Crippen molar-refractivity contribution in [3.05, 3.63) is 150 Å². The first-order valence-corrected chi connectivity index (χ1v) is 12.9. The minimum absolute atomic E-state index is 0.414. The third kappa shape index (κ3) is 5.00. The maximum Gasteiger partial charge on any atom is 0.110 e. The maximum atomic E-state index is 11.0. The molecule has 6 aromatic carbocycles. The van der Waals surface area contributed by atoms with Crippen molar-refractivity contribution in [3.63, 3.8) is 0 Å². The van der Waals surface area contributed by atoms with Crippen LogP contribution in [0.25, 0.3) is 21.9 Å². The molecule has 0 radical (unpaired) electrons. The molecule has 0 fully saturated rings. The molecular weight excluding hydrogens is 478 g/mol. The molecule has 0 saturated carbocycles. The van der Waals surface area contributed by atoms with Crippen molar-refractivity contribution in [2.24, 2.45) is 5.18 Å². The van der Waals surface area contributed by atoms with Crippen LogP contribution in [0.3, 0.4) is 0 Å². The van der Waals surface area contributed by atoms with E-state index in [1.54, 1.807) is 12.1 Å². The average Bonchev–Trinajstić information content (AvgIpc) is 3.02. The fourth-order valence-electron chi connectivity index (χ4n) is 4.93. The lowest BCUT2D eigenvalue weighted by atomic mass is 10.0. The second kappa shape index (κ2) is 10.6. The summed E-state index contributed by atoms with van der Waals surface area (Å²) in [6.45, 7) is 0. The summed E-state index contributed by atoms with van der Waals surface area (Å²) < 4.78 is 0. The second-order valence-electron chi connectivity index (χ2n) is 9.47. The summed E-state index contributed by atoms with van der Waals surface area (Å²) in [5, 5.41) is 5.48. The van der Waals surface area contributed by atoms with Crippen molar-refractivity contribution in [2.75, 3.05) is 16.8 Å². The third-order valence-electron chi connectivity index (χ3n) is 7.04. The topological polar surface area (TPSA) is 35.9 Å². The summed E-state index contributed by atoms with van der Waals surface area (Å²) in [7, 11) is 1.99. The SMILES string of the molecule is CN(c1ccc(N(c2ccc(-c3ccccc3)cc2)c2ccc3ccccc3c2)cc1)c1cccc(N=O)c1. The van der Waals surface area contributed by atoms with E-state index in [4.69, 9.17) is 0 Å². The Labute approximate surface area is 228 Å². The molecule has 0 amide bonds. The largest absolute Gasteiger partial charge is 0.345 e. The Morgan fingerprint density at radius 3 is 1.77 bits per heavy atom. The van der Waals surface area contributed by atoms with Gasteiger partial charge in [-0.3, -0.25) is 0 Å². The van der Waals surface area contributed by atoms with Gasteiger partial charge in [-0.1, -0.05) is 78.9 Å². The summed E-state index contributed by atoms with van der Waals surface area (Å²) in [5.41, 5.74) is 7.94. The number of rotatable bonds is 7. The van der Waals surface area contributed by atoms with Crippen molar-refractivity contribution in [1.29, 1.82) is 0 Å². The van der Waals surface area contributed by atoms with E-state index in [-0.39, 0.29) is 0 Å². The van der Waals surface area contributed by atoms with E-state index in [9.17, 15) is 4.91 Å². The first-order chi connectivity index (χ1) is 19.2. The Bertz CT molecular complexity index is 1730. The zero-order valence-corrected chi connectivity index (χ0v) is 21.6. The smallest absolute Gasteiger partial charge is 0.110 e. The number of nitrogens with zero attached hydrogens (tertiary/aromatic N) is 3. The van der Waals surface area contributed by atoms with Gasteiger partial charge >= 0.3 is 0 Å². The molecule has 39 heavy (non-hydrogen) atoms. The molecule has 188 valence electrons. The highest BCUT2D eigenvalue weighted by molar-refractivity contribution is 5.89. The molecule has 0 aliphatic rings. The number of nitroso groups, excluding NO2 is 1. The van der Waals surface area contributed by atoms with E-state index in [1.807, 2.05) is 30.1 Å². The van der Waals surface area contributed by atoms with Gasteiger partial charge in [0.05, 0.1) is 0 Å². The first kappa shape index (κ1) is 24.1. The van der Waals surface area contributed by atoms with Crippen LogP contribution in [0, 0.1) is 4.91 Å². The highest BCUT2D eigenvalue weighted by atomic mass is 16.3. The monoisotopic (exact) mass is 505 g/mol. The Balaban J connectivity index is 1.39. The number of hydrogen-bond donors (Lipinski definition) is 0. The molecule has 6 rings (SSSR count). The molecule has 0 aliphatic heterocycles. The van der Waals surface area contributed by atoms with E-state index in [1.165, 1.54) is 21.9 Å². The molecule has 0 spiro atoms. The minimum Gasteiger partial charge on any atom is -0.345 e. The lowest BCUT2D eigenvalue weighted by Crippen LogP contribution is -2.12. The summed E-state index contributed by atoms with van der Waals surface area (Å²) in [5.74, 6) is 0. The molecule has 0 bridgehead atoms. The van der Waals surface area contributed by atoms with E-state index >= 15 is 0 Å². The number of anilines is 5. The molecule has 0 atom stereocenters. The van der Waals surface area contributed by atoms with Crippen LogP contribution in [-0.4, -0.2) is 7.05 Å². The van der Waals surface area contributed by atoms with Crippen molar-refractivity contribution in [1.82, 2.24) is 0 Å². The van der Waals surface area contributed by atoms with Gasteiger partial charge in [0.25, 0.3) is 0 Å². The molecule has 0 saturated heterocycles. The molecule has 0 N–H and O–H groups in total. The fraction of sp³-hybridized carbons (Fsp3) is 0.0286. The van der Waals surface area contributed by atoms with Crippen LogP contribution < -0.4 is 9.80 Å². The zero-order valence-electron chi connectivity index (χ0n) is 21.6. The van der Waals surface area contributed by atoms with E-state index in [0.717, 1.165) is 28.4 Å². The van der Waals surface area contributed by atoms with Gasteiger partial charge in [-0.25, -0.2) is 0 Å². The van der Waals surface area contributed by atoms with Gasteiger partial charge in [0.15, 0.2) is 0 Å². The molecule has 6 aromatic rings. The third-order valence-corrected chi connectivity index (χ3v) is 7.04. The molecule has 4 nitrogen and oxygen atoms in total. The van der Waals surface area contributed by atoms with E-state index < -0.39 is 0 Å². The van der Waals surface area contributed by atoms with Crippen LogP contribution in [0.1, 0.15) is 0 Å². The van der Waals surface area contributed by atoms with Crippen LogP contribution in [0.2, 0.25) is 0 Å². The Kier molecular flexibility index (Phi) is 6.59. The fourth-order valence-corrected chi connectivity index (χ4v) is 4.93. The standard InChI is InChI=1S/C35H27N3O/c1-37(34-13-7-12-30(25-34)36-39)31-20-22-33(23-21-31)38(35-19-16-27-10-5-6-11-29(27)24-35)32-17-14-28(15-18-32)26-8-3-2-4-9-26/h2-25H,1H3. The summed E-state index contributed by atoms with van der Waals surface area (Å²) in [6, 6.07) is 49.9. The van der Waals surface area contributed by atoms with E-state index in [0.29, 0.717) is 5.69 Å². The molecule has 0 unspecified atom stereocenters. The van der Waals surface area contributed by atoms with Crippen LogP contribution in [-0.2, 0) is 0 Å².